The highest BCUT2D eigenvalue weighted by Crippen LogP contribution is 2.18. The number of imidazole rings is 1. The summed E-state index contributed by atoms with van der Waals surface area (Å²) in [7, 11) is -3.18. The Morgan fingerprint density at radius 3 is 2.78 bits per heavy atom. The molecule has 0 bridgehead atoms. The van der Waals surface area contributed by atoms with Gasteiger partial charge in [0, 0.05) is 12.7 Å². The van der Waals surface area contributed by atoms with Crippen molar-refractivity contribution in [2.75, 3.05) is 12.8 Å². The van der Waals surface area contributed by atoms with E-state index < -0.39 is 9.84 Å². The van der Waals surface area contributed by atoms with Crippen LogP contribution in [0.4, 0.5) is 0 Å². The van der Waals surface area contributed by atoms with Crippen molar-refractivity contribution in [3.8, 4) is 0 Å². The van der Waals surface area contributed by atoms with Gasteiger partial charge in [-0.15, -0.1) is 0 Å². The largest absolute Gasteiger partial charge is 0.342 e. The van der Waals surface area contributed by atoms with Gasteiger partial charge < -0.3 is 10.7 Å². The maximum atomic E-state index is 11.5. The number of hydrogen-bond donors (Lipinski definition) is 2. The van der Waals surface area contributed by atoms with Gasteiger partial charge in [0.15, 0.2) is 9.84 Å². The van der Waals surface area contributed by atoms with E-state index in [1.807, 2.05) is 0 Å². The summed E-state index contributed by atoms with van der Waals surface area (Å²) in [5, 5.41) is 0. The Kier molecular flexibility index (Phi) is 3.41. The highest BCUT2D eigenvalue weighted by atomic mass is 32.2. The number of rotatable bonds is 4. The SMILES string of the molecule is CC(CN)Cc1nc2ccc(S(C)(=O)=O)cc2[nH]1. The van der Waals surface area contributed by atoms with Crippen molar-refractivity contribution in [2.24, 2.45) is 11.7 Å². The van der Waals surface area contributed by atoms with E-state index in [-0.39, 0.29) is 0 Å². The molecule has 0 aliphatic heterocycles. The summed E-state index contributed by atoms with van der Waals surface area (Å²) in [5.74, 6) is 1.19. The number of nitrogens with one attached hydrogen (secondary N) is 1. The number of nitrogens with two attached hydrogens (primary N) is 1. The van der Waals surface area contributed by atoms with Gasteiger partial charge in [0.2, 0.25) is 0 Å². The van der Waals surface area contributed by atoms with E-state index in [0.29, 0.717) is 17.4 Å². The first-order valence-electron chi connectivity index (χ1n) is 5.79. The lowest BCUT2D eigenvalue weighted by atomic mass is 10.1. The zero-order valence-corrected chi connectivity index (χ0v) is 11.3. The summed E-state index contributed by atoms with van der Waals surface area (Å²) in [5.41, 5.74) is 7.10. The van der Waals surface area contributed by atoms with Crippen LogP contribution in [0.25, 0.3) is 11.0 Å². The third-order valence-electron chi connectivity index (χ3n) is 2.87. The molecular weight excluding hydrogens is 250 g/mol. The van der Waals surface area contributed by atoms with Crippen LogP contribution in [0, 0.1) is 5.92 Å². The Morgan fingerprint density at radius 1 is 1.44 bits per heavy atom. The Hall–Kier alpha value is -1.40. The molecule has 3 N–H and O–H groups in total. The van der Waals surface area contributed by atoms with Crippen LogP contribution in [0.5, 0.6) is 0 Å². The van der Waals surface area contributed by atoms with Crippen LogP contribution >= 0.6 is 0 Å². The molecule has 2 rings (SSSR count). The number of aromatic nitrogens is 2. The minimum atomic E-state index is -3.18. The predicted octanol–water partition coefficient (Wildman–Crippen LogP) is 1.10. The minimum Gasteiger partial charge on any atom is -0.342 e. The van der Waals surface area contributed by atoms with E-state index >= 15 is 0 Å². The molecule has 0 spiro atoms. The van der Waals surface area contributed by atoms with Gasteiger partial charge in [-0.25, -0.2) is 13.4 Å². The highest BCUT2D eigenvalue weighted by Gasteiger charge is 2.11. The Labute approximate surface area is 106 Å². The summed E-state index contributed by atoms with van der Waals surface area (Å²) in [6.45, 7) is 2.65. The van der Waals surface area contributed by atoms with E-state index in [1.54, 1.807) is 18.2 Å². The molecule has 0 amide bonds. The van der Waals surface area contributed by atoms with Gasteiger partial charge in [-0.3, -0.25) is 0 Å². The average molecular weight is 267 g/mol. The monoisotopic (exact) mass is 267 g/mol. The molecule has 0 saturated carbocycles. The van der Waals surface area contributed by atoms with Crippen LogP contribution in [0.3, 0.4) is 0 Å². The molecule has 1 aromatic heterocycles. The molecule has 0 saturated heterocycles. The molecule has 1 aromatic carbocycles. The summed E-state index contributed by atoms with van der Waals surface area (Å²) < 4.78 is 22.9. The minimum absolute atomic E-state index is 0.303. The summed E-state index contributed by atoms with van der Waals surface area (Å²) in [4.78, 5) is 7.86. The van der Waals surface area contributed by atoms with E-state index in [1.165, 1.54) is 6.26 Å². The number of benzene rings is 1. The predicted molar refractivity (Wildman–Crippen MR) is 71.1 cm³/mol. The van der Waals surface area contributed by atoms with E-state index in [0.717, 1.165) is 23.3 Å². The van der Waals surface area contributed by atoms with Crippen molar-refractivity contribution in [1.82, 2.24) is 9.97 Å². The van der Waals surface area contributed by atoms with Crippen LogP contribution in [0.2, 0.25) is 0 Å². The molecular formula is C12H17N3O2S. The lowest BCUT2D eigenvalue weighted by Crippen LogP contribution is -2.13. The first-order chi connectivity index (χ1) is 8.40. The fourth-order valence-electron chi connectivity index (χ4n) is 1.78. The lowest BCUT2D eigenvalue weighted by Gasteiger charge is -2.03. The molecule has 1 atom stereocenters. The van der Waals surface area contributed by atoms with Gasteiger partial charge in [0.05, 0.1) is 15.9 Å². The zero-order chi connectivity index (χ0) is 13.3. The molecule has 0 aliphatic rings. The Bertz CT molecular complexity index is 661. The fourth-order valence-corrected chi connectivity index (χ4v) is 2.43. The molecule has 5 nitrogen and oxygen atoms in total. The highest BCUT2D eigenvalue weighted by molar-refractivity contribution is 7.90. The quantitative estimate of drug-likeness (QED) is 0.868. The lowest BCUT2D eigenvalue weighted by molar-refractivity contribution is 0.578. The van der Waals surface area contributed by atoms with Gasteiger partial charge in [-0.05, 0) is 30.7 Å². The fraction of sp³-hybridized carbons (Fsp3) is 0.417. The van der Waals surface area contributed by atoms with Crippen molar-refractivity contribution in [2.45, 2.75) is 18.2 Å². The Balaban J connectivity index is 2.40. The molecule has 0 aliphatic carbocycles. The van der Waals surface area contributed by atoms with Crippen molar-refractivity contribution < 1.29 is 8.42 Å². The Morgan fingerprint density at radius 2 is 2.17 bits per heavy atom. The number of sulfone groups is 1. The van der Waals surface area contributed by atoms with Gasteiger partial charge in [0.1, 0.15) is 5.82 Å². The van der Waals surface area contributed by atoms with E-state index in [4.69, 9.17) is 5.73 Å². The standard InChI is InChI=1S/C12H17N3O2S/c1-8(7-13)5-12-14-10-4-3-9(18(2,16)17)6-11(10)15-12/h3-4,6,8H,5,7,13H2,1-2H3,(H,14,15). The van der Waals surface area contributed by atoms with Crippen LogP contribution in [-0.2, 0) is 16.3 Å². The molecule has 18 heavy (non-hydrogen) atoms. The van der Waals surface area contributed by atoms with Crippen molar-refractivity contribution in [3.63, 3.8) is 0 Å². The second-order valence-electron chi connectivity index (χ2n) is 4.68. The molecule has 2 aromatic rings. The van der Waals surface area contributed by atoms with Crippen LogP contribution in [0.1, 0.15) is 12.7 Å². The summed E-state index contributed by atoms with van der Waals surface area (Å²) in [6, 6.07) is 4.92. The normalized spacial score (nSPS) is 13.9. The van der Waals surface area contributed by atoms with E-state index in [9.17, 15) is 8.42 Å². The number of hydrogen-bond acceptors (Lipinski definition) is 4. The molecule has 98 valence electrons. The summed E-state index contributed by atoms with van der Waals surface area (Å²) in [6.07, 6.45) is 1.96. The maximum Gasteiger partial charge on any atom is 0.175 e. The maximum absolute atomic E-state index is 11.5. The topological polar surface area (TPSA) is 88.8 Å². The number of nitrogens with zero attached hydrogens (tertiary/aromatic N) is 1. The van der Waals surface area contributed by atoms with Crippen LogP contribution in [0.15, 0.2) is 23.1 Å². The van der Waals surface area contributed by atoms with Crippen molar-refractivity contribution >= 4 is 20.9 Å². The molecule has 0 radical (unpaired) electrons. The zero-order valence-electron chi connectivity index (χ0n) is 10.5. The van der Waals surface area contributed by atoms with E-state index in [2.05, 4.69) is 16.9 Å². The second kappa shape index (κ2) is 4.70. The molecule has 1 heterocycles. The van der Waals surface area contributed by atoms with Gasteiger partial charge in [-0.2, -0.15) is 0 Å². The van der Waals surface area contributed by atoms with Crippen LogP contribution < -0.4 is 5.73 Å². The first-order valence-corrected chi connectivity index (χ1v) is 7.68. The smallest absolute Gasteiger partial charge is 0.175 e. The summed E-state index contributed by atoms with van der Waals surface area (Å²) >= 11 is 0. The number of H-pyrrole nitrogens is 1. The number of aromatic amines is 1. The van der Waals surface area contributed by atoms with Gasteiger partial charge >= 0.3 is 0 Å². The molecule has 6 heteroatoms. The van der Waals surface area contributed by atoms with Crippen molar-refractivity contribution in [1.29, 1.82) is 0 Å². The first kappa shape index (κ1) is 13.0. The molecule has 0 fully saturated rings. The van der Waals surface area contributed by atoms with Crippen LogP contribution in [-0.4, -0.2) is 31.2 Å². The van der Waals surface area contributed by atoms with Gasteiger partial charge in [-0.1, -0.05) is 6.92 Å². The number of fused-ring (bicyclic) bond motifs is 1. The van der Waals surface area contributed by atoms with Crippen molar-refractivity contribution in [3.05, 3.63) is 24.0 Å². The molecule has 1 unspecified atom stereocenters. The third-order valence-corrected chi connectivity index (χ3v) is 3.98. The average Bonchev–Trinajstić information content (AvgIpc) is 2.68. The van der Waals surface area contributed by atoms with Gasteiger partial charge in [0.25, 0.3) is 0 Å². The second-order valence-corrected chi connectivity index (χ2v) is 6.70. The third kappa shape index (κ3) is 2.70.